The van der Waals surface area contributed by atoms with Crippen molar-refractivity contribution in [2.24, 2.45) is 0 Å². The Morgan fingerprint density at radius 3 is 2.12 bits per heavy atom. The van der Waals surface area contributed by atoms with Gasteiger partial charge in [0.1, 0.15) is 0 Å². The number of rotatable bonds is 9. The molecule has 1 rings (SSSR count). The van der Waals surface area contributed by atoms with Crippen molar-refractivity contribution < 1.29 is 9.47 Å². The quantitative estimate of drug-likeness (QED) is 0.548. The van der Waals surface area contributed by atoms with Crippen molar-refractivity contribution in [3.05, 3.63) is 0 Å². The van der Waals surface area contributed by atoms with Crippen molar-refractivity contribution in [2.75, 3.05) is 6.61 Å². The minimum atomic E-state index is 0.0927. The van der Waals surface area contributed by atoms with E-state index in [-0.39, 0.29) is 6.29 Å². The molecule has 2 nitrogen and oxygen atoms in total. The monoisotopic (exact) mass is 228 g/mol. The lowest BCUT2D eigenvalue weighted by molar-refractivity contribution is -0.0604. The van der Waals surface area contributed by atoms with Crippen LogP contribution in [0.25, 0.3) is 0 Å². The van der Waals surface area contributed by atoms with Gasteiger partial charge in [-0.15, -0.1) is 0 Å². The molecule has 1 fully saturated rings. The van der Waals surface area contributed by atoms with E-state index in [9.17, 15) is 0 Å². The summed E-state index contributed by atoms with van der Waals surface area (Å²) < 4.78 is 11.1. The van der Waals surface area contributed by atoms with Gasteiger partial charge in [0.05, 0.1) is 12.7 Å². The van der Waals surface area contributed by atoms with E-state index in [1.165, 1.54) is 51.4 Å². The Morgan fingerprint density at radius 2 is 1.56 bits per heavy atom. The summed E-state index contributed by atoms with van der Waals surface area (Å²) in [5, 5.41) is 0. The van der Waals surface area contributed by atoms with Gasteiger partial charge < -0.3 is 9.47 Å². The summed E-state index contributed by atoms with van der Waals surface area (Å²) >= 11 is 0. The molecule has 0 aromatic rings. The van der Waals surface area contributed by atoms with E-state index in [1.807, 2.05) is 0 Å². The topological polar surface area (TPSA) is 18.5 Å². The van der Waals surface area contributed by atoms with E-state index in [1.54, 1.807) is 0 Å². The number of hydrogen-bond acceptors (Lipinski definition) is 2. The van der Waals surface area contributed by atoms with Crippen molar-refractivity contribution >= 4 is 0 Å². The Kier molecular flexibility index (Phi) is 7.87. The summed E-state index contributed by atoms with van der Waals surface area (Å²) in [4.78, 5) is 0. The average molecular weight is 228 g/mol. The van der Waals surface area contributed by atoms with Gasteiger partial charge in [0, 0.05) is 0 Å². The first-order valence-corrected chi connectivity index (χ1v) is 7.10. The maximum Gasteiger partial charge on any atom is 0.158 e. The maximum atomic E-state index is 5.60. The molecule has 1 heterocycles. The van der Waals surface area contributed by atoms with Crippen LogP contribution in [0.15, 0.2) is 0 Å². The van der Waals surface area contributed by atoms with E-state index >= 15 is 0 Å². The molecule has 1 aliphatic rings. The Balaban J connectivity index is 1.78. The SMILES string of the molecule is CCCCCCCCCC[C@@H]1OC[C@H](C)O1. The molecule has 1 saturated heterocycles. The highest BCUT2D eigenvalue weighted by Gasteiger charge is 2.21. The molecule has 0 aromatic heterocycles. The standard InChI is InChI=1S/C14H28O2/c1-3-4-5-6-7-8-9-10-11-14-15-12-13(2)16-14/h13-14H,3-12H2,1-2H3/t13-,14+/m0/s1. The zero-order valence-electron chi connectivity index (χ0n) is 11.0. The third-order valence-corrected chi connectivity index (χ3v) is 3.19. The van der Waals surface area contributed by atoms with Crippen LogP contribution < -0.4 is 0 Å². The normalized spacial score (nSPS) is 25.1. The highest BCUT2D eigenvalue weighted by molar-refractivity contribution is 4.60. The molecule has 2 heteroatoms. The number of hydrogen-bond donors (Lipinski definition) is 0. The highest BCUT2D eigenvalue weighted by Crippen LogP contribution is 2.17. The van der Waals surface area contributed by atoms with E-state index in [0.717, 1.165) is 13.0 Å². The minimum Gasteiger partial charge on any atom is -0.350 e. The molecule has 0 amide bonds. The first-order valence-electron chi connectivity index (χ1n) is 7.10. The predicted octanol–water partition coefficient (Wildman–Crippen LogP) is 4.28. The first-order chi connectivity index (χ1) is 7.83. The van der Waals surface area contributed by atoms with E-state index < -0.39 is 0 Å². The van der Waals surface area contributed by atoms with Gasteiger partial charge in [-0.3, -0.25) is 0 Å². The zero-order chi connectivity index (χ0) is 11.6. The lowest BCUT2D eigenvalue weighted by Crippen LogP contribution is -2.08. The maximum absolute atomic E-state index is 5.60. The molecule has 16 heavy (non-hydrogen) atoms. The molecular formula is C14H28O2. The fourth-order valence-corrected chi connectivity index (χ4v) is 2.18. The van der Waals surface area contributed by atoms with Crippen LogP contribution in [-0.2, 0) is 9.47 Å². The van der Waals surface area contributed by atoms with E-state index in [2.05, 4.69) is 13.8 Å². The lowest BCUT2D eigenvalue weighted by Gasteiger charge is -2.09. The molecule has 0 saturated carbocycles. The third-order valence-electron chi connectivity index (χ3n) is 3.19. The second-order valence-electron chi connectivity index (χ2n) is 4.97. The van der Waals surface area contributed by atoms with Crippen LogP contribution in [0.5, 0.6) is 0 Å². The summed E-state index contributed by atoms with van der Waals surface area (Å²) in [6.45, 7) is 5.12. The molecule has 0 N–H and O–H groups in total. The van der Waals surface area contributed by atoms with Gasteiger partial charge in [-0.2, -0.15) is 0 Å². The Bertz CT molecular complexity index is 159. The summed E-state index contributed by atoms with van der Waals surface area (Å²) in [7, 11) is 0. The number of unbranched alkanes of at least 4 members (excludes halogenated alkanes) is 7. The van der Waals surface area contributed by atoms with Crippen LogP contribution in [-0.4, -0.2) is 19.0 Å². The molecule has 0 aromatic carbocycles. The molecule has 96 valence electrons. The van der Waals surface area contributed by atoms with Gasteiger partial charge >= 0.3 is 0 Å². The zero-order valence-corrected chi connectivity index (χ0v) is 11.0. The van der Waals surface area contributed by atoms with Crippen LogP contribution >= 0.6 is 0 Å². The first kappa shape index (κ1) is 14.0. The second-order valence-corrected chi connectivity index (χ2v) is 4.97. The van der Waals surface area contributed by atoms with Crippen molar-refractivity contribution in [3.8, 4) is 0 Å². The minimum absolute atomic E-state index is 0.0927. The smallest absolute Gasteiger partial charge is 0.158 e. The molecule has 0 radical (unpaired) electrons. The number of ether oxygens (including phenoxy) is 2. The van der Waals surface area contributed by atoms with Crippen molar-refractivity contribution in [3.63, 3.8) is 0 Å². The molecule has 0 aliphatic carbocycles. The molecule has 0 unspecified atom stereocenters. The fraction of sp³-hybridized carbons (Fsp3) is 1.00. The largest absolute Gasteiger partial charge is 0.350 e. The Morgan fingerprint density at radius 1 is 0.938 bits per heavy atom. The predicted molar refractivity (Wildman–Crippen MR) is 67.5 cm³/mol. The van der Waals surface area contributed by atoms with E-state index in [0.29, 0.717) is 6.10 Å². The average Bonchev–Trinajstić information content (AvgIpc) is 2.68. The summed E-state index contributed by atoms with van der Waals surface area (Å²) in [5.74, 6) is 0. The van der Waals surface area contributed by atoms with Gasteiger partial charge in [-0.05, 0) is 19.8 Å². The summed E-state index contributed by atoms with van der Waals surface area (Å²) in [6.07, 6.45) is 12.4. The van der Waals surface area contributed by atoms with Gasteiger partial charge in [-0.1, -0.05) is 51.9 Å². The van der Waals surface area contributed by atoms with E-state index in [4.69, 9.17) is 9.47 Å². The van der Waals surface area contributed by atoms with Crippen LogP contribution in [0.3, 0.4) is 0 Å². The van der Waals surface area contributed by atoms with Crippen molar-refractivity contribution in [1.29, 1.82) is 0 Å². The van der Waals surface area contributed by atoms with Gasteiger partial charge in [0.2, 0.25) is 0 Å². The highest BCUT2D eigenvalue weighted by atomic mass is 16.7. The summed E-state index contributed by atoms with van der Waals surface area (Å²) in [5.41, 5.74) is 0. The molecule has 2 atom stereocenters. The Hall–Kier alpha value is -0.0800. The van der Waals surface area contributed by atoms with Crippen LogP contribution in [0.2, 0.25) is 0 Å². The van der Waals surface area contributed by atoms with Crippen molar-refractivity contribution in [2.45, 2.75) is 84.0 Å². The van der Waals surface area contributed by atoms with Crippen LogP contribution in [0.4, 0.5) is 0 Å². The molecular weight excluding hydrogens is 200 g/mol. The van der Waals surface area contributed by atoms with Gasteiger partial charge in [0.25, 0.3) is 0 Å². The van der Waals surface area contributed by atoms with Crippen molar-refractivity contribution in [1.82, 2.24) is 0 Å². The molecule has 0 spiro atoms. The third kappa shape index (κ3) is 6.49. The van der Waals surface area contributed by atoms with Gasteiger partial charge in [-0.25, -0.2) is 0 Å². The molecule has 1 aliphatic heterocycles. The Labute approximate surface area is 101 Å². The van der Waals surface area contributed by atoms with Gasteiger partial charge in [0.15, 0.2) is 6.29 Å². The van der Waals surface area contributed by atoms with Crippen LogP contribution in [0.1, 0.15) is 71.6 Å². The fourth-order valence-electron chi connectivity index (χ4n) is 2.18. The molecule has 0 bridgehead atoms. The second kappa shape index (κ2) is 9.00. The lowest BCUT2D eigenvalue weighted by atomic mass is 10.1. The van der Waals surface area contributed by atoms with Crippen LogP contribution in [0, 0.1) is 0 Å². The summed E-state index contributed by atoms with van der Waals surface area (Å²) in [6, 6.07) is 0.